The van der Waals surface area contributed by atoms with Crippen LogP contribution in [0.1, 0.15) is 10.7 Å². The van der Waals surface area contributed by atoms with E-state index < -0.39 is 12.0 Å². The number of nitrogens with zero attached hydrogens (tertiary/aromatic N) is 3. The minimum Gasteiger partial charge on any atom is -0.480 e. The Bertz CT molecular complexity index is 666. The van der Waals surface area contributed by atoms with Gasteiger partial charge in [-0.05, 0) is 6.92 Å². The number of fused-ring (bicyclic) bond motifs is 1. The number of carboxylic acid groups (broad SMARTS) is 1. The number of nitrogens with two attached hydrogens (primary N) is 1. The maximum Gasteiger partial charge on any atom is 0.321 e. The molecule has 1 atom stereocenters. The topological polar surface area (TPSA) is 111 Å². The van der Waals surface area contributed by atoms with Crippen molar-refractivity contribution in [2.45, 2.75) is 18.7 Å². The van der Waals surface area contributed by atoms with Crippen LogP contribution in [0.3, 0.4) is 0 Å². The molecule has 7 nitrogen and oxygen atoms in total. The van der Waals surface area contributed by atoms with Gasteiger partial charge in [-0.15, -0.1) is 0 Å². The highest BCUT2D eigenvalue weighted by atomic mass is 32.2. The van der Waals surface area contributed by atoms with E-state index in [-0.39, 0.29) is 5.56 Å². The van der Waals surface area contributed by atoms with E-state index >= 15 is 0 Å². The second-order valence-corrected chi connectivity index (χ2v) is 5.96. The third-order valence-electron chi connectivity index (χ3n) is 2.26. The number of aryl methyl sites for hydroxylation is 1. The fourth-order valence-electron chi connectivity index (χ4n) is 1.36. The molecule has 0 aromatic carbocycles. The first kappa shape index (κ1) is 14.0. The maximum atomic E-state index is 11.6. The van der Waals surface area contributed by atoms with E-state index in [0.29, 0.717) is 22.2 Å². The summed E-state index contributed by atoms with van der Waals surface area (Å²) in [5.74, 6) is -0.217. The molecule has 102 valence electrons. The van der Waals surface area contributed by atoms with Crippen LogP contribution in [-0.4, -0.2) is 37.5 Å². The van der Waals surface area contributed by atoms with Crippen molar-refractivity contribution < 1.29 is 9.90 Å². The Labute approximate surface area is 116 Å². The zero-order valence-corrected chi connectivity index (χ0v) is 11.7. The lowest BCUT2D eigenvalue weighted by Gasteiger charge is -2.03. The van der Waals surface area contributed by atoms with Gasteiger partial charge in [0.25, 0.3) is 5.56 Å². The average Bonchev–Trinajstić information content (AvgIpc) is 2.71. The van der Waals surface area contributed by atoms with Crippen molar-refractivity contribution in [2.24, 2.45) is 5.73 Å². The predicted octanol–water partition coefficient (Wildman–Crippen LogP) is 0.105. The molecule has 0 saturated carbocycles. The summed E-state index contributed by atoms with van der Waals surface area (Å²) in [5.41, 5.74) is 5.84. The second kappa shape index (κ2) is 5.68. The lowest BCUT2D eigenvalue weighted by Crippen LogP contribution is -2.32. The Morgan fingerprint density at radius 2 is 2.42 bits per heavy atom. The first-order chi connectivity index (χ1) is 8.97. The standard InChI is InChI=1S/C10H12N4O3S2/c1-5-2-8(15)14-10(12-5)19-7(13-14)4-18-3-6(11)9(16)17/h2,6H,3-4,11H2,1H3,(H,16,17)/t6-/m1/s1. The van der Waals surface area contributed by atoms with Gasteiger partial charge in [0.1, 0.15) is 11.0 Å². The predicted molar refractivity (Wildman–Crippen MR) is 73.6 cm³/mol. The van der Waals surface area contributed by atoms with E-state index in [4.69, 9.17) is 10.8 Å². The molecule has 0 bridgehead atoms. The molecule has 0 unspecified atom stereocenters. The van der Waals surface area contributed by atoms with Gasteiger partial charge in [0.05, 0.1) is 0 Å². The Hall–Kier alpha value is -1.45. The Kier molecular flexibility index (Phi) is 4.17. The molecule has 3 N–H and O–H groups in total. The van der Waals surface area contributed by atoms with Gasteiger partial charge in [0.2, 0.25) is 4.96 Å². The molecule has 0 radical (unpaired) electrons. The molecule has 0 aliphatic rings. The third kappa shape index (κ3) is 3.31. The van der Waals surface area contributed by atoms with Crippen molar-refractivity contribution in [1.29, 1.82) is 0 Å². The number of hydrogen-bond acceptors (Lipinski definition) is 7. The van der Waals surface area contributed by atoms with Gasteiger partial charge in [0, 0.05) is 23.3 Å². The summed E-state index contributed by atoms with van der Waals surface area (Å²) in [6.45, 7) is 1.75. The highest BCUT2D eigenvalue weighted by Crippen LogP contribution is 2.18. The second-order valence-electron chi connectivity index (χ2n) is 3.89. The van der Waals surface area contributed by atoms with Crippen molar-refractivity contribution in [3.05, 3.63) is 27.1 Å². The average molecular weight is 300 g/mol. The summed E-state index contributed by atoms with van der Waals surface area (Å²) in [6.07, 6.45) is 0. The van der Waals surface area contributed by atoms with Crippen LogP contribution in [-0.2, 0) is 10.5 Å². The zero-order valence-electron chi connectivity index (χ0n) is 10.1. The first-order valence-electron chi connectivity index (χ1n) is 5.40. The van der Waals surface area contributed by atoms with E-state index in [2.05, 4.69) is 10.1 Å². The summed E-state index contributed by atoms with van der Waals surface area (Å²) in [6, 6.07) is 0.534. The summed E-state index contributed by atoms with van der Waals surface area (Å²) < 4.78 is 1.25. The summed E-state index contributed by atoms with van der Waals surface area (Å²) >= 11 is 2.68. The number of carboxylic acids is 1. The Balaban J connectivity index is 2.08. The monoisotopic (exact) mass is 300 g/mol. The number of aromatic nitrogens is 3. The largest absolute Gasteiger partial charge is 0.480 e. The van der Waals surface area contributed by atoms with Crippen molar-refractivity contribution >= 4 is 34.0 Å². The quantitative estimate of drug-likeness (QED) is 0.806. The van der Waals surface area contributed by atoms with Gasteiger partial charge in [-0.25, -0.2) is 4.98 Å². The molecular formula is C10H12N4O3S2. The number of rotatable bonds is 5. The SMILES string of the molecule is Cc1cc(=O)n2nc(CSC[C@@H](N)C(=O)O)sc2n1. The maximum absolute atomic E-state index is 11.6. The van der Waals surface area contributed by atoms with Crippen molar-refractivity contribution in [3.8, 4) is 0 Å². The smallest absolute Gasteiger partial charge is 0.321 e. The van der Waals surface area contributed by atoms with Crippen LogP contribution in [0.25, 0.3) is 4.96 Å². The van der Waals surface area contributed by atoms with Crippen LogP contribution in [0.2, 0.25) is 0 Å². The molecule has 19 heavy (non-hydrogen) atoms. The van der Waals surface area contributed by atoms with Crippen LogP contribution in [0.5, 0.6) is 0 Å². The molecule has 2 aromatic heterocycles. The number of thioether (sulfide) groups is 1. The summed E-state index contributed by atoms with van der Waals surface area (Å²) in [5, 5.41) is 13.5. The van der Waals surface area contributed by atoms with Crippen molar-refractivity contribution in [1.82, 2.24) is 14.6 Å². The van der Waals surface area contributed by atoms with Crippen LogP contribution in [0, 0.1) is 6.92 Å². The molecule has 0 saturated heterocycles. The molecule has 9 heteroatoms. The van der Waals surface area contributed by atoms with Gasteiger partial charge in [-0.2, -0.15) is 21.4 Å². The molecular weight excluding hydrogens is 288 g/mol. The zero-order chi connectivity index (χ0) is 14.0. The van der Waals surface area contributed by atoms with Crippen LogP contribution < -0.4 is 11.3 Å². The molecule has 0 fully saturated rings. The van der Waals surface area contributed by atoms with Crippen LogP contribution in [0.15, 0.2) is 10.9 Å². The third-order valence-corrected chi connectivity index (χ3v) is 4.42. The molecule has 0 aliphatic heterocycles. The van der Waals surface area contributed by atoms with Crippen molar-refractivity contribution in [2.75, 3.05) is 5.75 Å². The van der Waals surface area contributed by atoms with E-state index in [9.17, 15) is 9.59 Å². The molecule has 0 spiro atoms. The molecule has 2 heterocycles. The minimum atomic E-state index is -1.02. The fraction of sp³-hybridized carbons (Fsp3) is 0.400. The highest BCUT2D eigenvalue weighted by molar-refractivity contribution is 7.98. The Morgan fingerprint density at radius 1 is 1.68 bits per heavy atom. The lowest BCUT2D eigenvalue weighted by molar-refractivity contribution is -0.137. The number of carbonyl (C=O) groups is 1. The molecule has 2 aromatic rings. The van der Waals surface area contributed by atoms with Gasteiger partial charge >= 0.3 is 5.97 Å². The van der Waals surface area contributed by atoms with Crippen molar-refractivity contribution in [3.63, 3.8) is 0 Å². The molecule has 2 rings (SSSR count). The van der Waals surface area contributed by atoms with Gasteiger partial charge in [-0.3, -0.25) is 9.59 Å². The van der Waals surface area contributed by atoms with Gasteiger partial charge < -0.3 is 10.8 Å². The number of hydrogen-bond donors (Lipinski definition) is 2. The highest BCUT2D eigenvalue weighted by Gasteiger charge is 2.12. The lowest BCUT2D eigenvalue weighted by atomic mass is 10.4. The molecule has 0 aliphatic carbocycles. The van der Waals surface area contributed by atoms with Gasteiger partial charge in [0.15, 0.2) is 0 Å². The van der Waals surface area contributed by atoms with E-state index in [1.165, 1.54) is 33.7 Å². The van der Waals surface area contributed by atoms with E-state index in [0.717, 1.165) is 5.01 Å². The molecule has 0 amide bonds. The Morgan fingerprint density at radius 3 is 3.11 bits per heavy atom. The van der Waals surface area contributed by atoms with E-state index in [1.54, 1.807) is 6.92 Å². The summed E-state index contributed by atoms with van der Waals surface area (Å²) in [4.78, 5) is 27.0. The van der Waals surface area contributed by atoms with Crippen LogP contribution in [0.4, 0.5) is 0 Å². The normalized spacial score (nSPS) is 12.7. The van der Waals surface area contributed by atoms with Crippen LogP contribution >= 0.6 is 23.1 Å². The minimum absolute atomic E-state index is 0.211. The van der Waals surface area contributed by atoms with Gasteiger partial charge in [-0.1, -0.05) is 11.3 Å². The first-order valence-corrected chi connectivity index (χ1v) is 7.37. The van der Waals surface area contributed by atoms with E-state index in [1.807, 2.05) is 0 Å². The number of aliphatic carboxylic acids is 1. The summed E-state index contributed by atoms with van der Waals surface area (Å²) in [7, 11) is 0. The fourth-order valence-corrected chi connectivity index (χ4v) is 3.34.